The lowest BCUT2D eigenvalue weighted by Crippen LogP contribution is -2.47. The van der Waals surface area contributed by atoms with Gasteiger partial charge in [-0.1, -0.05) is 25.4 Å². The predicted octanol–water partition coefficient (Wildman–Crippen LogP) is 3.31. The molecule has 1 aromatic heterocycles. The van der Waals surface area contributed by atoms with E-state index >= 15 is 0 Å². The maximum Gasteiger partial charge on any atom is 0.305 e. The number of rotatable bonds is 8. The molecule has 0 spiro atoms. The second kappa shape index (κ2) is 10.1. The smallest absolute Gasteiger partial charge is 0.305 e. The van der Waals surface area contributed by atoms with Crippen LogP contribution >= 0.6 is 11.6 Å². The van der Waals surface area contributed by atoms with Crippen LogP contribution in [0.25, 0.3) is 0 Å². The molecule has 0 aliphatic heterocycles. The Balaban J connectivity index is 1.86. The molecule has 2 aromatic rings. The molecule has 0 bridgehead atoms. The maximum atomic E-state index is 12.2. The summed E-state index contributed by atoms with van der Waals surface area (Å²) in [5, 5.41) is 0.591. The number of benzene rings is 1. The van der Waals surface area contributed by atoms with Crippen molar-refractivity contribution >= 4 is 23.4 Å². The largest absolute Gasteiger partial charge is 0.481 e. The van der Waals surface area contributed by atoms with E-state index in [0.717, 1.165) is 18.7 Å². The molecule has 1 heterocycles. The van der Waals surface area contributed by atoms with Crippen molar-refractivity contribution in [2.45, 2.75) is 40.3 Å². The third-order valence-corrected chi connectivity index (χ3v) is 4.50. The zero-order valence-electron chi connectivity index (χ0n) is 16.5. The standard InChI is InChI=1S/C20H26ClN3O4/c1-5-24(6-2)12-16-8-10-18(28-16)20(26)23-22-19(25)14(4)27-17-9-7-15(21)11-13(17)3/h7-11,14H,5-6,12H2,1-4H3,(H,22,25)(H,23,26). The van der Waals surface area contributed by atoms with Crippen LogP contribution < -0.4 is 15.6 Å². The van der Waals surface area contributed by atoms with Crippen molar-refractivity contribution in [3.63, 3.8) is 0 Å². The predicted molar refractivity (Wildman–Crippen MR) is 107 cm³/mol. The van der Waals surface area contributed by atoms with Gasteiger partial charge in [0.15, 0.2) is 11.9 Å². The molecule has 1 unspecified atom stereocenters. The third-order valence-electron chi connectivity index (χ3n) is 4.27. The molecule has 8 heteroatoms. The maximum absolute atomic E-state index is 12.2. The number of furan rings is 1. The minimum absolute atomic E-state index is 0.129. The average molecular weight is 408 g/mol. The number of aryl methyl sites for hydroxylation is 1. The second-order valence-corrected chi connectivity index (χ2v) is 6.78. The summed E-state index contributed by atoms with van der Waals surface area (Å²) in [6.07, 6.45) is -0.810. The number of amides is 2. The molecule has 1 atom stereocenters. The van der Waals surface area contributed by atoms with E-state index < -0.39 is 17.9 Å². The van der Waals surface area contributed by atoms with E-state index in [0.29, 0.717) is 23.1 Å². The van der Waals surface area contributed by atoms with Gasteiger partial charge in [-0.05, 0) is 62.8 Å². The molecule has 0 saturated heterocycles. The van der Waals surface area contributed by atoms with Crippen molar-refractivity contribution in [1.29, 1.82) is 0 Å². The minimum Gasteiger partial charge on any atom is -0.481 e. The summed E-state index contributed by atoms with van der Waals surface area (Å²) in [6.45, 7) is 9.94. The molecule has 2 N–H and O–H groups in total. The van der Waals surface area contributed by atoms with Crippen LogP contribution in [0.1, 0.15) is 42.6 Å². The Hall–Kier alpha value is -2.51. The lowest BCUT2D eigenvalue weighted by molar-refractivity contribution is -0.128. The van der Waals surface area contributed by atoms with Gasteiger partial charge in [0.2, 0.25) is 0 Å². The Morgan fingerprint density at radius 3 is 2.54 bits per heavy atom. The molecule has 0 radical (unpaired) electrons. The van der Waals surface area contributed by atoms with Gasteiger partial charge in [0.05, 0.1) is 6.54 Å². The van der Waals surface area contributed by atoms with Crippen LogP contribution in [0.2, 0.25) is 5.02 Å². The highest BCUT2D eigenvalue weighted by molar-refractivity contribution is 6.30. The van der Waals surface area contributed by atoms with E-state index in [2.05, 4.69) is 29.6 Å². The van der Waals surface area contributed by atoms with Crippen LogP contribution in [-0.2, 0) is 11.3 Å². The van der Waals surface area contributed by atoms with Crippen LogP contribution in [0.3, 0.4) is 0 Å². The molecule has 0 aliphatic rings. The van der Waals surface area contributed by atoms with Gasteiger partial charge >= 0.3 is 5.91 Å². The normalized spacial score (nSPS) is 11.9. The summed E-state index contributed by atoms with van der Waals surface area (Å²) in [5.74, 6) is 0.344. The van der Waals surface area contributed by atoms with E-state index in [9.17, 15) is 9.59 Å². The molecule has 0 fully saturated rings. The minimum atomic E-state index is -0.810. The molecule has 152 valence electrons. The van der Waals surface area contributed by atoms with Gasteiger partial charge in [-0.25, -0.2) is 0 Å². The summed E-state index contributed by atoms with van der Waals surface area (Å²) in [7, 11) is 0. The Bertz CT molecular complexity index is 818. The quantitative estimate of drug-likeness (QED) is 0.656. The summed E-state index contributed by atoms with van der Waals surface area (Å²) < 4.78 is 11.2. The molecule has 2 amide bonds. The van der Waals surface area contributed by atoms with E-state index in [1.54, 1.807) is 37.3 Å². The van der Waals surface area contributed by atoms with Gasteiger partial charge < -0.3 is 9.15 Å². The molecule has 0 saturated carbocycles. The van der Waals surface area contributed by atoms with E-state index in [-0.39, 0.29) is 5.76 Å². The topological polar surface area (TPSA) is 83.8 Å². The average Bonchev–Trinajstić information content (AvgIpc) is 3.14. The van der Waals surface area contributed by atoms with Crippen LogP contribution in [0.4, 0.5) is 0 Å². The summed E-state index contributed by atoms with van der Waals surface area (Å²) in [6, 6.07) is 8.46. The monoisotopic (exact) mass is 407 g/mol. The SMILES string of the molecule is CCN(CC)Cc1ccc(C(=O)NNC(=O)C(C)Oc2ccc(Cl)cc2C)o1. The van der Waals surface area contributed by atoms with Gasteiger partial charge in [0.25, 0.3) is 5.91 Å². The van der Waals surface area contributed by atoms with Crippen LogP contribution in [0, 0.1) is 6.92 Å². The highest BCUT2D eigenvalue weighted by atomic mass is 35.5. The first kappa shape index (κ1) is 21.8. The van der Waals surface area contributed by atoms with Crippen LogP contribution in [-0.4, -0.2) is 35.9 Å². The molecule has 2 rings (SSSR count). The van der Waals surface area contributed by atoms with Crippen molar-refractivity contribution in [3.8, 4) is 5.75 Å². The van der Waals surface area contributed by atoms with Crippen molar-refractivity contribution in [2.24, 2.45) is 0 Å². The van der Waals surface area contributed by atoms with Gasteiger partial charge in [-0.15, -0.1) is 0 Å². The fraction of sp³-hybridized carbons (Fsp3) is 0.400. The van der Waals surface area contributed by atoms with Crippen LogP contribution in [0.15, 0.2) is 34.7 Å². The Kier molecular flexibility index (Phi) is 7.90. The number of hydrazine groups is 1. The Morgan fingerprint density at radius 1 is 1.18 bits per heavy atom. The van der Waals surface area contributed by atoms with Crippen molar-refractivity contribution < 1.29 is 18.7 Å². The molecule has 28 heavy (non-hydrogen) atoms. The molecular weight excluding hydrogens is 382 g/mol. The Morgan fingerprint density at radius 2 is 1.89 bits per heavy atom. The number of hydrogen-bond acceptors (Lipinski definition) is 5. The van der Waals surface area contributed by atoms with Gasteiger partial charge in [-0.2, -0.15) is 0 Å². The van der Waals surface area contributed by atoms with E-state index in [4.69, 9.17) is 20.8 Å². The fourth-order valence-electron chi connectivity index (χ4n) is 2.52. The number of nitrogens with zero attached hydrogens (tertiary/aromatic N) is 1. The van der Waals surface area contributed by atoms with Crippen molar-refractivity contribution in [1.82, 2.24) is 15.8 Å². The van der Waals surface area contributed by atoms with Crippen molar-refractivity contribution in [3.05, 3.63) is 52.4 Å². The first-order valence-electron chi connectivity index (χ1n) is 9.18. The number of carbonyl (C=O) groups is 2. The first-order chi connectivity index (χ1) is 13.3. The fourth-order valence-corrected chi connectivity index (χ4v) is 2.75. The van der Waals surface area contributed by atoms with Gasteiger partial charge in [0, 0.05) is 5.02 Å². The lowest BCUT2D eigenvalue weighted by atomic mass is 10.2. The summed E-state index contributed by atoms with van der Waals surface area (Å²) in [5.41, 5.74) is 5.49. The van der Waals surface area contributed by atoms with Gasteiger partial charge in [0.1, 0.15) is 11.5 Å². The van der Waals surface area contributed by atoms with Crippen molar-refractivity contribution in [2.75, 3.05) is 13.1 Å². The summed E-state index contributed by atoms with van der Waals surface area (Å²) in [4.78, 5) is 26.5. The summed E-state index contributed by atoms with van der Waals surface area (Å²) >= 11 is 5.91. The molecule has 0 aliphatic carbocycles. The van der Waals surface area contributed by atoms with E-state index in [1.165, 1.54) is 0 Å². The lowest BCUT2D eigenvalue weighted by Gasteiger charge is -2.16. The number of ether oxygens (including phenoxy) is 1. The molecule has 1 aromatic carbocycles. The zero-order valence-corrected chi connectivity index (χ0v) is 17.3. The van der Waals surface area contributed by atoms with Gasteiger partial charge in [-0.3, -0.25) is 25.3 Å². The first-order valence-corrected chi connectivity index (χ1v) is 9.55. The number of hydrogen-bond donors (Lipinski definition) is 2. The highest BCUT2D eigenvalue weighted by Crippen LogP contribution is 2.22. The number of carbonyl (C=O) groups excluding carboxylic acids is 2. The molecule has 7 nitrogen and oxygen atoms in total. The number of nitrogens with one attached hydrogen (secondary N) is 2. The second-order valence-electron chi connectivity index (χ2n) is 6.34. The zero-order chi connectivity index (χ0) is 20.7. The highest BCUT2D eigenvalue weighted by Gasteiger charge is 2.18. The third kappa shape index (κ3) is 6.00. The van der Waals surface area contributed by atoms with E-state index in [1.807, 2.05) is 6.92 Å². The number of halogens is 1. The molecular formula is C20H26ClN3O4. The Labute approximate surface area is 170 Å². The van der Waals surface area contributed by atoms with Crippen LogP contribution in [0.5, 0.6) is 5.75 Å².